The number of hydrogen-bond donors (Lipinski definition) is 2. The number of carbonyl (C=O) groups excluding carboxylic acids is 3. The zero-order chi connectivity index (χ0) is 19.0. The van der Waals surface area contributed by atoms with Crippen LogP contribution >= 0.6 is 0 Å². The van der Waals surface area contributed by atoms with Crippen LogP contribution in [-0.2, 0) is 14.3 Å². The Morgan fingerprint density at radius 1 is 1.16 bits per heavy atom. The summed E-state index contributed by atoms with van der Waals surface area (Å²) in [7, 11) is 0. The first kappa shape index (κ1) is 20.5. The number of imide groups is 1. The smallest absolute Gasteiger partial charge is 0.321 e. The number of esters is 1. The van der Waals surface area contributed by atoms with E-state index in [-0.39, 0.29) is 13.0 Å². The lowest BCUT2D eigenvalue weighted by Crippen LogP contribution is -2.50. The van der Waals surface area contributed by atoms with Crippen LogP contribution in [0, 0.1) is 6.92 Å². The summed E-state index contributed by atoms with van der Waals surface area (Å²) in [4.78, 5) is 35.2. The number of amides is 3. The summed E-state index contributed by atoms with van der Waals surface area (Å²) in [5, 5.41) is 4.72. The summed E-state index contributed by atoms with van der Waals surface area (Å²) in [6.07, 6.45) is -1.07. The normalized spacial score (nSPS) is 12.0. The van der Waals surface area contributed by atoms with Crippen LogP contribution in [0.4, 0.5) is 4.79 Å². The Labute approximate surface area is 148 Å². The molecular formula is C18H26N2O5. The standard InChI is InChI=1S/C18H26N2O5/c1-12-8-6-7-9-14(12)24-11-10-15(21)25-13(2)16(22)19-17(23)20-18(3,4)5/h6-9,13H,10-11H2,1-5H3,(H2,19,20,22,23)/t13-/m0/s1. The van der Waals surface area contributed by atoms with Crippen molar-refractivity contribution in [1.82, 2.24) is 10.6 Å². The molecule has 0 saturated heterocycles. The summed E-state index contributed by atoms with van der Waals surface area (Å²) >= 11 is 0. The Bertz CT molecular complexity index is 622. The fourth-order valence-corrected chi connectivity index (χ4v) is 1.86. The Morgan fingerprint density at radius 2 is 1.80 bits per heavy atom. The molecule has 0 fully saturated rings. The molecular weight excluding hydrogens is 324 g/mol. The van der Waals surface area contributed by atoms with Gasteiger partial charge in [0.1, 0.15) is 5.75 Å². The molecule has 0 saturated carbocycles. The molecule has 7 heteroatoms. The second-order valence-corrected chi connectivity index (χ2v) is 6.69. The van der Waals surface area contributed by atoms with Crippen LogP contribution in [0.1, 0.15) is 39.7 Å². The molecule has 0 aliphatic heterocycles. The Kier molecular flexibility index (Phi) is 7.42. The zero-order valence-electron chi connectivity index (χ0n) is 15.3. The highest BCUT2D eigenvalue weighted by Crippen LogP contribution is 2.16. The van der Waals surface area contributed by atoms with E-state index < -0.39 is 29.6 Å². The van der Waals surface area contributed by atoms with Crippen molar-refractivity contribution in [3.63, 3.8) is 0 Å². The van der Waals surface area contributed by atoms with E-state index in [1.807, 2.05) is 31.2 Å². The first-order valence-corrected chi connectivity index (χ1v) is 8.09. The number of urea groups is 1. The highest BCUT2D eigenvalue weighted by atomic mass is 16.5. The van der Waals surface area contributed by atoms with Gasteiger partial charge in [-0.2, -0.15) is 0 Å². The molecule has 0 heterocycles. The maximum Gasteiger partial charge on any atom is 0.321 e. The molecule has 0 bridgehead atoms. The van der Waals surface area contributed by atoms with Gasteiger partial charge in [0.25, 0.3) is 5.91 Å². The highest BCUT2D eigenvalue weighted by molar-refractivity contribution is 5.97. The van der Waals surface area contributed by atoms with E-state index in [1.165, 1.54) is 6.92 Å². The number of nitrogens with one attached hydrogen (secondary N) is 2. The quantitative estimate of drug-likeness (QED) is 0.768. The van der Waals surface area contributed by atoms with Crippen LogP contribution in [0.5, 0.6) is 5.75 Å². The van der Waals surface area contributed by atoms with E-state index in [0.717, 1.165) is 5.56 Å². The monoisotopic (exact) mass is 350 g/mol. The minimum absolute atomic E-state index is 0.000141. The SMILES string of the molecule is Cc1ccccc1OCCC(=O)O[C@@H](C)C(=O)NC(=O)NC(C)(C)C. The summed E-state index contributed by atoms with van der Waals surface area (Å²) in [5.41, 5.74) is 0.491. The van der Waals surface area contributed by atoms with Gasteiger partial charge in [0.15, 0.2) is 6.10 Å². The van der Waals surface area contributed by atoms with Crippen molar-refractivity contribution in [2.45, 2.75) is 52.7 Å². The lowest BCUT2D eigenvalue weighted by molar-refractivity contribution is -0.154. The van der Waals surface area contributed by atoms with Crippen molar-refractivity contribution in [3.8, 4) is 5.75 Å². The second kappa shape index (κ2) is 9.05. The zero-order valence-corrected chi connectivity index (χ0v) is 15.3. The van der Waals surface area contributed by atoms with Gasteiger partial charge < -0.3 is 14.8 Å². The Balaban J connectivity index is 2.34. The fourth-order valence-electron chi connectivity index (χ4n) is 1.86. The number of rotatable bonds is 6. The molecule has 0 spiro atoms. The molecule has 0 unspecified atom stereocenters. The Morgan fingerprint density at radius 3 is 2.40 bits per heavy atom. The number of carbonyl (C=O) groups is 3. The summed E-state index contributed by atoms with van der Waals surface area (Å²) < 4.78 is 10.5. The lowest BCUT2D eigenvalue weighted by atomic mass is 10.1. The molecule has 1 aromatic carbocycles. The predicted molar refractivity (Wildman–Crippen MR) is 93.3 cm³/mol. The van der Waals surface area contributed by atoms with Crippen molar-refractivity contribution >= 4 is 17.9 Å². The van der Waals surface area contributed by atoms with Crippen LogP contribution in [-0.4, -0.2) is 36.2 Å². The number of para-hydroxylation sites is 1. The van der Waals surface area contributed by atoms with Crippen LogP contribution in [0.25, 0.3) is 0 Å². The van der Waals surface area contributed by atoms with Crippen molar-refractivity contribution in [2.24, 2.45) is 0 Å². The topological polar surface area (TPSA) is 93.7 Å². The van der Waals surface area contributed by atoms with Gasteiger partial charge in [0.2, 0.25) is 0 Å². The van der Waals surface area contributed by atoms with Crippen molar-refractivity contribution in [1.29, 1.82) is 0 Å². The molecule has 0 aliphatic carbocycles. The fraction of sp³-hybridized carbons (Fsp3) is 0.500. The number of aryl methyl sites for hydroxylation is 1. The maximum absolute atomic E-state index is 11.8. The minimum Gasteiger partial charge on any atom is -0.493 e. The molecule has 0 radical (unpaired) electrons. The van der Waals surface area contributed by atoms with Crippen LogP contribution in [0.2, 0.25) is 0 Å². The summed E-state index contributed by atoms with van der Waals surface area (Å²) in [5.74, 6) is -0.567. The third-order valence-corrected chi connectivity index (χ3v) is 3.06. The van der Waals surface area contributed by atoms with Crippen LogP contribution in [0.15, 0.2) is 24.3 Å². The first-order valence-electron chi connectivity index (χ1n) is 8.09. The predicted octanol–water partition coefficient (Wildman–Crippen LogP) is 2.32. The number of hydrogen-bond acceptors (Lipinski definition) is 5. The third kappa shape index (κ3) is 8.19. The van der Waals surface area contributed by atoms with Crippen molar-refractivity contribution < 1.29 is 23.9 Å². The van der Waals surface area contributed by atoms with Crippen LogP contribution in [0.3, 0.4) is 0 Å². The van der Waals surface area contributed by atoms with Gasteiger partial charge in [-0.3, -0.25) is 14.9 Å². The summed E-state index contributed by atoms with van der Waals surface area (Å²) in [6, 6.07) is 6.82. The van der Waals surface area contributed by atoms with E-state index in [4.69, 9.17) is 9.47 Å². The molecule has 2 N–H and O–H groups in total. The molecule has 0 aromatic heterocycles. The van der Waals surface area contributed by atoms with Gasteiger partial charge in [-0.15, -0.1) is 0 Å². The summed E-state index contributed by atoms with van der Waals surface area (Å²) in [6.45, 7) is 8.81. The highest BCUT2D eigenvalue weighted by Gasteiger charge is 2.22. The van der Waals surface area contributed by atoms with Crippen molar-refractivity contribution in [2.75, 3.05) is 6.61 Å². The molecule has 7 nitrogen and oxygen atoms in total. The van der Waals surface area contributed by atoms with Gasteiger partial charge in [-0.05, 0) is 46.2 Å². The molecule has 25 heavy (non-hydrogen) atoms. The average molecular weight is 350 g/mol. The maximum atomic E-state index is 11.8. The number of benzene rings is 1. The van der Waals surface area contributed by atoms with Gasteiger partial charge in [-0.1, -0.05) is 18.2 Å². The number of ether oxygens (including phenoxy) is 2. The largest absolute Gasteiger partial charge is 0.493 e. The third-order valence-electron chi connectivity index (χ3n) is 3.06. The minimum atomic E-state index is -1.07. The van der Waals surface area contributed by atoms with E-state index in [9.17, 15) is 14.4 Å². The van der Waals surface area contributed by atoms with Gasteiger partial charge >= 0.3 is 12.0 Å². The van der Waals surface area contributed by atoms with E-state index in [1.54, 1.807) is 20.8 Å². The van der Waals surface area contributed by atoms with E-state index >= 15 is 0 Å². The molecule has 1 rings (SSSR count). The molecule has 1 atom stereocenters. The van der Waals surface area contributed by atoms with E-state index in [2.05, 4.69) is 10.6 Å². The lowest BCUT2D eigenvalue weighted by Gasteiger charge is -2.21. The molecule has 3 amide bonds. The first-order chi connectivity index (χ1) is 11.6. The molecule has 138 valence electrons. The van der Waals surface area contributed by atoms with Gasteiger partial charge in [0.05, 0.1) is 13.0 Å². The van der Waals surface area contributed by atoms with Gasteiger partial charge in [-0.25, -0.2) is 4.79 Å². The van der Waals surface area contributed by atoms with Gasteiger partial charge in [0, 0.05) is 5.54 Å². The molecule has 0 aliphatic rings. The second-order valence-electron chi connectivity index (χ2n) is 6.69. The molecule has 1 aromatic rings. The van der Waals surface area contributed by atoms with Crippen LogP contribution < -0.4 is 15.4 Å². The van der Waals surface area contributed by atoms with E-state index in [0.29, 0.717) is 5.75 Å². The Hall–Kier alpha value is -2.57. The van der Waals surface area contributed by atoms with Crippen molar-refractivity contribution in [3.05, 3.63) is 29.8 Å². The average Bonchev–Trinajstić information content (AvgIpc) is 2.47.